The number of halogens is 6. The predicted molar refractivity (Wildman–Crippen MR) is 179 cm³/mol. The lowest BCUT2D eigenvalue weighted by atomic mass is 10.00. The molecule has 0 bridgehead atoms. The van der Waals surface area contributed by atoms with E-state index in [1.807, 2.05) is 0 Å². The summed E-state index contributed by atoms with van der Waals surface area (Å²) in [6.07, 6.45) is -1.42. The normalized spacial score (nSPS) is 14.8. The van der Waals surface area contributed by atoms with Crippen molar-refractivity contribution in [2.45, 2.75) is 54.4 Å². The molecule has 12 N–H and O–H groups in total. The molecule has 3 aromatic rings. The highest BCUT2D eigenvalue weighted by Gasteiger charge is 2.52. The molecule has 55 heavy (non-hydrogen) atoms. The zero-order valence-corrected chi connectivity index (χ0v) is 30.4. The van der Waals surface area contributed by atoms with Crippen LogP contribution in [0.3, 0.4) is 0 Å². The maximum absolute atomic E-state index is 14.2. The minimum atomic E-state index is -5.96. The second-order valence-electron chi connectivity index (χ2n) is 12.1. The molecule has 0 aliphatic carbocycles. The molecular weight excluding hydrogens is 815 g/mol. The van der Waals surface area contributed by atoms with E-state index in [1.54, 1.807) is 0 Å². The first-order valence-electron chi connectivity index (χ1n) is 15.2. The minimum Gasteiger partial charge on any atom is -0.368 e. The van der Waals surface area contributed by atoms with Gasteiger partial charge in [-0.05, 0) is 23.1 Å². The molecular formula is C30H33F6N4O12P3. The highest BCUT2D eigenvalue weighted by molar-refractivity contribution is 7.53. The first-order chi connectivity index (χ1) is 25.0. The molecule has 25 heteroatoms. The summed E-state index contributed by atoms with van der Waals surface area (Å²) in [7, 11) is -17.8. The molecule has 3 amide bonds. The summed E-state index contributed by atoms with van der Waals surface area (Å²) in [6.45, 7) is 0. The van der Waals surface area contributed by atoms with Gasteiger partial charge in [-0.25, -0.2) is 0 Å². The summed E-state index contributed by atoms with van der Waals surface area (Å²) in [5.41, 5.74) is -5.30. The van der Waals surface area contributed by atoms with Gasteiger partial charge in [-0.1, -0.05) is 72.8 Å². The molecule has 302 valence electrons. The lowest BCUT2D eigenvalue weighted by molar-refractivity contribution is -0.131. The van der Waals surface area contributed by atoms with Crippen LogP contribution < -0.4 is 22.1 Å². The minimum absolute atomic E-state index is 0.0121. The number of nitrogens with two attached hydrogens (primary N) is 2. The second-order valence-corrected chi connectivity index (χ2v) is 17.0. The zero-order chi connectivity index (χ0) is 41.9. The summed E-state index contributed by atoms with van der Waals surface area (Å²) in [6, 6.07) is 4.95. The van der Waals surface area contributed by atoms with Crippen molar-refractivity contribution in [1.82, 2.24) is 10.6 Å². The van der Waals surface area contributed by atoms with Crippen molar-refractivity contribution in [3.05, 3.63) is 106 Å². The van der Waals surface area contributed by atoms with Gasteiger partial charge in [0.2, 0.25) is 17.7 Å². The van der Waals surface area contributed by atoms with Gasteiger partial charge in [-0.3, -0.25) is 28.1 Å². The van der Waals surface area contributed by atoms with Crippen molar-refractivity contribution in [2.24, 2.45) is 11.5 Å². The smallest absolute Gasteiger partial charge is 0.368 e. The molecule has 3 rings (SSSR count). The third-order valence-electron chi connectivity index (χ3n) is 7.97. The van der Waals surface area contributed by atoms with Gasteiger partial charge in [0.05, 0.1) is 6.04 Å². The summed E-state index contributed by atoms with van der Waals surface area (Å²) in [4.78, 5) is 92.8. The van der Waals surface area contributed by atoms with Crippen molar-refractivity contribution in [2.75, 3.05) is 0 Å². The first-order valence-corrected chi connectivity index (χ1v) is 20.1. The number of nitrogens with one attached hydrogen (secondary N) is 2. The van der Waals surface area contributed by atoms with Gasteiger partial charge in [0, 0.05) is 29.5 Å². The number of benzene rings is 3. The van der Waals surface area contributed by atoms with Crippen LogP contribution in [0.2, 0.25) is 0 Å². The van der Waals surface area contributed by atoms with Gasteiger partial charge in [0.15, 0.2) is 0 Å². The Morgan fingerprint density at radius 3 is 1.09 bits per heavy atom. The van der Waals surface area contributed by atoms with E-state index in [1.165, 1.54) is 0 Å². The van der Waals surface area contributed by atoms with Crippen LogP contribution in [-0.4, -0.2) is 65.2 Å². The monoisotopic (exact) mass is 848 g/mol. The van der Waals surface area contributed by atoms with E-state index in [9.17, 15) is 54.4 Å². The topological polar surface area (TPSA) is 300 Å². The standard InChI is InChI=1S/C30H33F6N4O12P3/c31-28(32,53(44,45)46)19-7-1-16(2-8-19)13-22(37)26(42)40-24(15-18-5-11-21(12-6-18)30(35,36)55(50,51)52)27(43)39-23(25(38)41)14-17-3-9-20(10-4-17)29(33,34)54(47,48)49/h1-12,22-24H,13-15,37H2,(H2,38,41)(H,39,43)(H,40,42)(H2,44,45,46)(H2,47,48,49)(H2,50,51,52). The molecule has 0 heterocycles. The summed E-state index contributed by atoms with van der Waals surface area (Å²) >= 11 is 0. The Labute approximate surface area is 306 Å². The Bertz CT molecular complexity index is 2030. The fraction of sp³-hybridized carbons (Fsp3) is 0.300. The van der Waals surface area contributed by atoms with Crippen LogP contribution in [0, 0.1) is 0 Å². The number of hydrogen-bond donors (Lipinski definition) is 10. The number of primary amides is 1. The van der Waals surface area contributed by atoms with Crippen LogP contribution >= 0.6 is 22.8 Å². The van der Waals surface area contributed by atoms with E-state index in [4.69, 9.17) is 40.8 Å². The van der Waals surface area contributed by atoms with Crippen molar-refractivity contribution in [3.8, 4) is 0 Å². The molecule has 0 aliphatic heterocycles. The Morgan fingerprint density at radius 1 is 0.527 bits per heavy atom. The first kappa shape index (κ1) is 45.4. The number of amides is 3. The van der Waals surface area contributed by atoms with Crippen LogP contribution in [-0.2, 0) is 64.3 Å². The van der Waals surface area contributed by atoms with Crippen LogP contribution in [0.25, 0.3) is 0 Å². The van der Waals surface area contributed by atoms with Crippen LogP contribution in [0.1, 0.15) is 33.4 Å². The van der Waals surface area contributed by atoms with E-state index in [0.717, 1.165) is 36.4 Å². The number of rotatable bonds is 17. The number of carbonyl (C=O) groups is 3. The van der Waals surface area contributed by atoms with Crippen molar-refractivity contribution >= 4 is 40.5 Å². The van der Waals surface area contributed by atoms with Gasteiger partial charge >= 0.3 is 39.8 Å². The second kappa shape index (κ2) is 16.7. The Balaban J connectivity index is 1.87. The van der Waals surface area contributed by atoms with Crippen molar-refractivity contribution in [1.29, 1.82) is 0 Å². The van der Waals surface area contributed by atoms with Gasteiger partial charge in [0.25, 0.3) is 0 Å². The molecule has 3 aromatic carbocycles. The van der Waals surface area contributed by atoms with Gasteiger partial charge in [-0.2, -0.15) is 26.3 Å². The molecule has 0 spiro atoms. The molecule has 0 aromatic heterocycles. The van der Waals surface area contributed by atoms with E-state index < -0.39 is 112 Å². The summed E-state index contributed by atoms with van der Waals surface area (Å²) < 4.78 is 118. The van der Waals surface area contributed by atoms with E-state index in [0.29, 0.717) is 36.4 Å². The third kappa shape index (κ3) is 10.9. The van der Waals surface area contributed by atoms with Crippen molar-refractivity contribution < 1.29 is 83.8 Å². The highest BCUT2D eigenvalue weighted by atomic mass is 31.2. The number of hydrogen-bond acceptors (Lipinski definition) is 7. The molecule has 0 fully saturated rings. The average Bonchev–Trinajstić information content (AvgIpc) is 3.06. The molecule has 3 unspecified atom stereocenters. The number of alkyl halides is 6. The highest BCUT2D eigenvalue weighted by Crippen LogP contribution is 2.60. The fourth-order valence-electron chi connectivity index (χ4n) is 4.83. The molecule has 16 nitrogen and oxygen atoms in total. The van der Waals surface area contributed by atoms with Crippen LogP contribution in [0.15, 0.2) is 72.8 Å². The lowest BCUT2D eigenvalue weighted by Gasteiger charge is -2.24. The van der Waals surface area contributed by atoms with Crippen LogP contribution in [0.4, 0.5) is 26.3 Å². The summed E-state index contributed by atoms with van der Waals surface area (Å²) in [5.74, 6) is -3.41. The molecule has 0 saturated heterocycles. The summed E-state index contributed by atoms with van der Waals surface area (Å²) in [5, 5.41) is 4.51. The zero-order valence-electron chi connectivity index (χ0n) is 27.7. The third-order valence-corrected chi connectivity index (χ3v) is 10.9. The Hall–Kier alpha value is -3.94. The van der Waals surface area contributed by atoms with Crippen LogP contribution in [0.5, 0.6) is 0 Å². The van der Waals surface area contributed by atoms with Gasteiger partial charge in [0.1, 0.15) is 12.1 Å². The molecule has 3 atom stereocenters. The van der Waals surface area contributed by atoms with Crippen molar-refractivity contribution in [3.63, 3.8) is 0 Å². The predicted octanol–water partition coefficient (Wildman–Crippen LogP) is 2.18. The lowest BCUT2D eigenvalue weighted by Crippen LogP contribution is -2.56. The SMILES string of the molecule is NC(=O)C(Cc1ccc(C(F)(F)P(=O)(O)O)cc1)NC(=O)C(Cc1ccc(C(F)(F)P(=O)(O)O)cc1)NC(=O)C(N)Cc1ccc(C(F)(F)P(=O)(O)O)cc1. The Morgan fingerprint density at radius 2 is 0.800 bits per heavy atom. The average molecular weight is 849 g/mol. The van der Waals surface area contributed by atoms with Gasteiger partial charge < -0.3 is 51.5 Å². The number of carbonyl (C=O) groups excluding carboxylic acids is 3. The van der Waals surface area contributed by atoms with E-state index in [-0.39, 0.29) is 16.7 Å². The molecule has 0 saturated carbocycles. The maximum Gasteiger partial charge on any atom is 0.399 e. The largest absolute Gasteiger partial charge is 0.399 e. The Kier molecular flexibility index (Phi) is 13.8. The van der Waals surface area contributed by atoms with E-state index >= 15 is 0 Å². The van der Waals surface area contributed by atoms with E-state index in [2.05, 4.69) is 10.6 Å². The molecule has 0 radical (unpaired) electrons. The molecule has 0 aliphatic rings. The maximum atomic E-state index is 14.2. The fourth-order valence-corrected chi connectivity index (χ4v) is 6.29. The quantitative estimate of drug-likeness (QED) is 0.0689. The van der Waals surface area contributed by atoms with Gasteiger partial charge in [-0.15, -0.1) is 0 Å².